The monoisotopic (exact) mass is 690 g/mol. The van der Waals surface area contributed by atoms with Crippen LogP contribution < -0.4 is 28.8 Å². The summed E-state index contributed by atoms with van der Waals surface area (Å²) in [5, 5.41) is -0.0323. The molecule has 248 valence electrons. The molecule has 47 heavy (non-hydrogen) atoms. The van der Waals surface area contributed by atoms with Crippen LogP contribution in [0.4, 0.5) is 20.8 Å². The maximum absolute atomic E-state index is 14.3. The highest BCUT2D eigenvalue weighted by Gasteiger charge is 2.24. The van der Waals surface area contributed by atoms with E-state index in [0.29, 0.717) is 11.5 Å². The predicted octanol–water partition coefficient (Wildman–Crippen LogP) is 5.58. The zero-order chi connectivity index (χ0) is 33.8. The Labute approximate surface area is 273 Å². The molecule has 0 aliphatic rings. The average molecular weight is 691 g/mol. The molecule has 0 radical (unpaired) electrons. The van der Waals surface area contributed by atoms with E-state index in [4.69, 9.17) is 40.0 Å². The van der Waals surface area contributed by atoms with E-state index in [1.807, 2.05) is 0 Å². The molecule has 0 atom stereocenters. The molecule has 14 nitrogen and oxygen atoms in total. The number of anilines is 2. The van der Waals surface area contributed by atoms with Crippen molar-refractivity contribution in [2.75, 3.05) is 43.4 Å². The van der Waals surface area contributed by atoms with Gasteiger partial charge in [-0.05, 0) is 48.5 Å². The van der Waals surface area contributed by atoms with E-state index < -0.39 is 28.7 Å². The van der Waals surface area contributed by atoms with Gasteiger partial charge < -0.3 is 28.4 Å². The number of methoxy groups -OCH3 is 1. The first-order valence-electron chi connectivity index (χ1n) is 13.6. The van der Waals surface area contributed by atoms with Crippen LogP contribution in [-0.4, -0.2) is 64.0 Å². The van der Waals surface area contributed by atoms with E-state index in [1.54, 1.807) is 24.3 Å². The SMILES string of the molecule is COc1ccc(Cl)c(Oc2c(NS(=O)(=O)c3ccc(OCCOC(C)=O)cc3)ncnc2OCCOC(=O)N(F)c2ccccc2)c1. The van der Waals surface area contributed by atoms with E-state index in [2.05, 4.69) is 14.7 Å². The molecule has 1 amide bonds. The Bertz CT molecular complexity index is 1780. The Kier molecular flexibility index (Phi) is 12.0. The van der Waals surface area contributed by atoms with E-state index in [1.165, 1.54) is 62.6 Å². The Hall–Kier alpha value is -5.35. The number of sulfonamides is 1. The predicted molar refractivity (Wildman–Crippen MR) is 166 cm³/mol. The van der Waals surface area contributed by atoms with E-state index in [-0.39, 0.29) is 63.7 Å². The number of carbonyl (C=O) groups excluding carboxylic acids is 2. The van der Waals surface area contributed by atoms with Crippen LogP contribution >= 0.6 is 11.6 Å². The molecule has 0 unspecified atom stereocenters. The van der Waals surface area contributed by atoms with Crippen molar-refractivity contribution in [2.24, 2.45) is 0 Å². The number of rotatable bonds is 15. The minimum Gasteiger partial charge on any atom is -0.497 e. The number of amides is 1. The molecule has 0 spiro atoms. The second-order valence-corrected chi connectivity index (χ2v) is 11.2. The maximum Gasteiger partial charge on any atom is 0.443 e. The number of nitrogens with zero attached hydrogens (tertiary/aromatic N) is 3. The van der Waals surface area contributed by atoms with Gasteiger partial charge >= 0.3 is 12.1 Å². The molecular weight excluding hydrogens is 663 g/mol. The Morgan fingerprint density at radius 3 is 2.28 bits per heavy atom. The van der Waals surface area contributed by atoms with Gasteiger partial charge in [-0.3, -0.25) is 9.52 Å². The molecule has 0 aliphatic carbocycles. The fourth-order valence-corrected chi connectivity index (χ4v) is 4.83. The smallest absolute Gasteiger partial charge is 0.443 e. The number of halogens is 2. The van der Waals surface area contributed by atoms with Gasteiger partial charge in [-0.25, -0.2) is 18.2 Å². The third-order valence-electron chi connectivity index (χ3n) is 5.83. The first-order chi connectivity index (χ1) is 22.6. The van der Waals surface area contributed by atoms with Crippen LogP contribution in [-0.2, 0) is 24.3 Å². The van der Waals surface area contributed by atoms with Gasteiger partial charge in [0.25, 0.3) is 15.9 Å². The summed E-state index contributed by atoms with van der Waals surface area (Å²) >= 11 is 6.32. The molecule has 4 rings (SSSR count). The molecule has 17 heteroatoms. The molecule has 0 saturated carbocycles. The summed E-state index contributed by atoms with van der Waals surface area (Å²) in [7, 11) is -2.84. The zero-order valence-electron chi connectivity index (χ0n) is 24.9. The van der Waals surface area contributed by atoms with Gasteiger partial charge in [0.15, 0.2) is 5.82 Å². The second kappa shape index (κ2) is 16.3. The van der Waals surface area contributed by atoms with Crippen molar-refractivity contribution in [1.29, 1.82) is 0 Å². The Balaban J connectivity index is 1.52. The van der Waals surface area contributed by atoms with Crippen LogP contribution in [0.3, 0.4) is 0 Å². The number of hydrogen-bond acceptors (Lipinski definition) is 12. The number of carbonyl (C=O) groups is 2. The summed E-state index contributed by atoms with van der Waals surface area (Å²) in [5.41, 5.74) is -0.0292. The average Bonchev–Trinajstić information content (AvgIpc) is 3.07. The lowest BCUT2D eigenvalue weighted by Gasteiger charge is -2.17. The largest absolute Gasteiger partial charge is 0.497 e. The fraction of sp³-hybridized carbons (Fsp3) is 0.200. The van der Waals surface area contributed by atoms with Crippen LogP contribution in [0.25, 0.3) is 0 Å². The number of aromatic nitrogens is 2. The molecule has 1 N–H and O–H groups in total. The van der Waals surface area contributed by atoms with Gasteiger partial charge in [0.05, 0.1) is 22.7 Å². The normalized spacial score (nSPS) is 10.8. The van der Waals surface area contributed by atoms with Crippen LogP contribution in [0.1, 0.15) is 6.92 Å². The highest BCUT2D eigenvalue weighted by atomic mass is 35.5. The number of ether oxygens (including phenoxy) is 6. The third-order valence-corrected chi connectivity index (χ3v) is 7.50. The van der Waals surface area contributed by atoms with Gasteiger partial charge in [-0.2, -0.15) is 4.98 Å². The first-order valence-corrected chi connectivity index (χ1v) is 15.5. The van der Waals surface area contributed by atoms with E-state index in [9.17, 15) is 22.5 Å². The molecule has 0 aliphatic heterocycles. The van der Waals surface area contributed by atoms with E-state index >= 15 is 0 Å². The topological polar surface area (TPSA) is 165 Å². The van der Waals surface area contributed by atoms with Crippen molar-refractivity contribution in [3.8, 4) is 28.9 Å². The first kappa shape index (κ1) is 34.5. The Morgan fingerprint density at radius 2 is 1.57 bits per heavy atom. The van der Waals surface area contributed by atoms with Crippen LogP contribution in [0.15, 0.2) is 84.0 Å². The van der Waals surface area contributed by atoms with E-state index in [0.717, 1.165) is 6.33 Å². The lowest BCUT2D eigenvalue weighted by Crippen LogP contribution is -2.25. The van der Waals surface area contributed by atoms with Gasteiger partial charge in [0.2, 0.25) is 5.75 Å². The van der Waals surface area contributed by atoms with Crippen molar-refractivity contribution in [2.45, 2.75) is 11.8 Å². The van der Waals surface area contributed by atoms with Crippen LogP contribution in [0.5, 0.6) is 28.9 Å². The maximum atomic E-state index is 14.3. The lowest BCUT2D eigenvalue weighted by atomic mass is 10.3. The summed E-state index contributed by atoms with van der Waals surface area (Å²) < 4.78 is 75.3. The molecule has 1 aromatic heterocycles. The number of para-hydroxylation sites is 1. The molecule has 0 fully saturated rings. The van der Waals surface area contributed by atoms with Crippen molar-refractivity contribution >= 4 is 45.2 Å². The molecule has 3 aromatic carbocycles. The summed E-state index contributed by atoms with van der Waals surface area (Å²) in [4.78, 5) is 30.9. The summed E-state index contributed by atoms with van der Waals surface area (Å²) in [5.74, 6) is -0.571. The summed E-state index contributed by atoms with van der Waals surface area (Å²) in [6.07, 6.45) is -0.269. The Morgan fingerprint density at radius 1 is 0.894 bits per heavy atom. The number of hydrogen-bond donors (Lipinski definition) is 1. The molecule has 0 bridgehead atoms. The molecule has 4 aromatic rings. The molecule has 1 heterocycles. The number of benzene rings is 3. The van der Waals surface area contributed by atoms with Gasteiger partial charge in [0, 0.05) is 13.0 Å². The summed E-state index contributed by atoms with van der Waals surface area (Å²) in [6, 6.07) is 17.5. The highest BCUT2D eigenvalue weighted by Crippen LogP contribution is 2.40. The molecule has 0 saturated heterocycles. The van der Waals surface area contributed by atoms with Gasteiger partial charge in [-0.1, -0.05) is 34.3 Å². The standard InChI is InChI=1S/C30H28ClFN4O10S/c1-20(37)42-14-15-43-22-8-11-24(12-9-22)47(39,40)35-28-27(46-26-18-23(41-2)10-13-25(26)31)29(34-19-33-28)44-16-17-45-30(38)36(32)21-6-4-3-5-7-21/h3-13,18-19H,14-17H2,1-2H3,(H,33,34,35). The zero-order valence-corrected chi connectivity index (χ0v) is 26.5. The van der Waals surface area contributed by atoms with Crippen molar-refractivity contribution < 1.29 is 50.9 Å². The lowest BCUT2D eigenvalue weighted by molar-refractivity contribution is -0.141. The van der Waals surface area contributed by atoms with Gasteiger partial charge in [-0.15, -0.1) is 5.12 Å². The van der Waals surface area contributed by atoms with Crippen LogP contribution in [0, 0.1) is 0 Å². The fourth-order valence-electron chi connectivity index (χ4n) is 3.66. The van der Waals surface area contributed by atoms with Crippen molar-refractivity contribution in [1.82, 2.24) is 9.97 Å². The minimum absolute atomic E-state index is 0.0273. The third kappa shape index (κ3) is 9.82. The van der Waals surface area contributed by atoms with Crippen molar-refractivity contribution in [3.63, 3.8) is 0 Å². The minimum atomic E-state index is -4.27. The number of nitrogens with one attached hydrogen (secondary N) is 1. The summed E-state index contributed by atoms with van der Waals surface area (Å²) in [6.45, 7) is 0.621. The quantitative estimate of drug-likeness (QED) is 0.0937. The highest BCUT2D eigenvalue weighted by molar-refractivity contribution is 7.92. The van der Waals surface area contributed by atoms with Gasteiger partial charge in [0.1, 0.15) is 50.0 Å². The molecular formula is C30H28ClFN4O10S. The van der Waals surface area contributed by atoms with Crippen molar-refractivity contribution in [3.05, 3.63) is 84.1 Å². The van der Waals surface area contributed by atoms with Crippen LogP contribution in [0.2, 0.25) is 5.02 Å². The number of esters is 1. The second-order valence-electron chi connectivity index (χ2n) is 9.10.